The van der Waals surface area contributed by atoms with Crippen LogP contribution in [-0.4, -0.2) is 40.3 Å². The van der Waals surface area contributed by atoms with Crippen molar-refractivity contribution < 1.29 is 0 Å². The molecule has 0 fully saturated rings. The van der Waals surface area contributed by atoms with Crippen LogP contribution in [0.5, 0.6) is 0 Å². The van der Waals surface area contributed by atoms with Gasteiger partial charge in [-0.05, 0) is 43.4 Å². The minimum atomic E-state index is 0.0632. The Bertz CT molecular complexity index is 904. The van der Waals surface area contributed by atoms with E-state index in [4.69, 9.17) is 11.6 Å². The molecule has 0 aliphatic carbocycles. The molecule has 5 nitrogen and oxygen atoms in total. The largest absolute Gasteiger partial charge is 0.309 e. The number of nitrogens with one attached hydrogen (secondary N) is 1. The molecule has 1 aliphatic rings. The number of halogens is 1. The summed E-state index contributed by atoms with van der Waals surface area (Å²) in [5.41, 5.74) is 3.46. The fraction of sp³-hybridized carbons (Fsp3) is 0.300. The molecule has 1 unspecified atom stereocenters. The summed E-state index contributed by atoms with van der Waals surface area (Å²) in [5.74, 6) is 1.91. The van der Waals surface area contributed by atoms with Crippen LogP contribution < -0.4 is 5.32 Å². The summed E-state index contributed by atoms with van der Waals surface area (Å²) in [6, 6.07) is 16.6. The van der Waals surface area contributed by atoms with Crippen molar-refractivity contribution in [2.45, 2.75) is 19.0 Å². The van der Waals surface area contributed by atoms with Crippen molar-refractivity contribution in [3.8, 4) is 5.69 Å². The molecule has 0 bridgehead atoms. The van der Waals surface area contributed by atoms with Gasteiger partial charge in [-0.1, -0.05) is 41.9 Å². The number of nitrogens with zero attached hydrogens (tertiary/aromatic N) is 4. The second kappa shape index (κ2) is 7.19. The molecular weight excluding hydrogens is 346 g/mol. The van der Waals surface area contributed by atoms with E-state index in [1.807, 2.05) is 18.2 Å². The number of benzene rings is 2. The second-order valence-corrected chi connectivity index (χ2v) is 7.29. The normalized spacial score (nSPS) is 16.2. The van der Waals surface area contributed by atoms with E-state index in [0.29, 0.717) is 6.54 Å². The van der Waals surface area contributed by atoms with E-state index < -0.39 is 0 Å². The molecule has 0 saturated heterocycles. The predicted molar refractivity (Wildman–Crippen MR) is 104 cm³/mol. The highest BCUT2D eigenvalue weighted by molar-refractivity contribution is 6.30. The molecule has 0 radical (unpaired) electrons. The van der Waals surface area contributed by atoms with Gasteiger partial charge in [-0.15, -0.1) is 10.2 Å². The van der Waals surface area contributed by atoms with E-state index in [1.54, 1.807) is 0 Å². The zero-order valence-corrected chi connectivity index (χ0v) is 15.7. The van der Waals surface area contributed by atoms with Gasteiger partial charge in [0.05, 0.1) is 18.3 Å². The molecule has 1 aromatic heterocycles. The molecule has 1 N–H and O–H groups in total. The topological polar surface area (TPSA) is 46.0 Å². The minimum absolute atomic E-state index is 0.0632. The van der Waals surface area contributed by atoms with Crippen molar-refractivity contribution in [2.24, 2.45) is 0 Å². The number of aromatic nitrogens is 3. The van der Waals surface area contributed by atoms with Gasteiger partial charge in [-0.2, -0.15) is 0 Å². The minimum Gasteiger partial charge on any atom is -0.309 e. The van der Waals surface area contributed by atoms with Gasteiger partial charge >= 0.3 is 0 Å². The second-order valence-electron chi connectivity index (χ2n) is 6.85. The van der Waals surface area contributed by atoms with Crippen LogP contribution in [0.4, 0.5) is 0 Å². The summed E-state index contributed by atoms with van der Waals surface area (Å²) >= 11 is 6.35. The van der Waals surface area contributed by atoms with E-state index in [9.17, 15) is 0 Å². The average Bonchev–Trinajstić information content (AvgIpc) is 2.97. The van der Waals surface area contributed by atoms with Gasteiger partial charge in [-0.3, -0.25) is 9.88 Å². The predicted octanol–water partition coefficient (Wildman–Crippen LogP) is 3.22. The Labute approximate surface area is 158 Å². The van der Waals surface area contributed by atoms with Crippen molar-refractivity contribution in [3.05, 3.63) is 76.3 Å². The number of hydrogen-bond donors (Lipinski definition) is 1. The van der Waals surface area contributed by atoms with Crippen LogP contribution in [0.25, 0.3) is 5.69 Å². The van der Waals surface area contributed by atoms with Crippen LogP contribution in [0.1, 0.15) is 28.8 Å². The van der Waals surface area contributed by atoms with Gasteiger partial charge in [0.2, 0.25) is 0 Å². The van der Waals surface area contributed by atoms with Gasteiger partial charge in [0.25, 0.3) is 0 Å². The third-order valence-electron chi connectivity index (χ3n) is 4.72. The smallest absolute Gasteiger partial charge is 0.151 e. The van der Waals surface area contributed by atoms with E-state index in [0.717, 1.165) is 40.9 Å². The van der Waals surface area contributed by atoms with Crippen molar-refractivity contribution >= 4 is 11.6 Å². The molecule has 0 saturated carbocycles. The molecule has 2 aromatic carbocycles. The van der Waals surface area contributed by atoms with Crippen LogP contribution in [0.3, 0.4) is 0 Å². The SMILES string of the molecule is CN(C)CCc1nnc2n1-c1ccc(Cl)cc1C(c1ccccc1)NC2. The summed E-state index contributed by atoms with van der Waals surface area (Å²) in [7, 11) is 4.14. The summed E-state index contributed by atoms with van der Waals surface area (Å²) in [6.45, 7) is 1.58. The maximum Gasteiger partial charge on any atom is 0.151 e. The Kier molecular flexibility index (Phi) is 4.76. The highest BCUT2D eigenvalue weighted by Gasteiger charge is 2.26. The Hall–Kier alpha value is -2.21. The van der Waals surface area contributed by atoms with Crippen molar-refractivity contribution in [2.75, 3.05) is 20.6 Å². The molecule has 26 heavy (non-hydrogen) atoms. The zero-order valence-electron chi connectivity index (χ0n) is 15.0. The van der Waals surface area contributed by atoms with Crippen molar-refractivity contribution in [1.82, 2.24) is 25.0 Å². The number of hydrogen-bond acceptors (Lipinski definition) is 4. The molecule has 0 spiro atoms. The summed E-state index contributed by atoms with van der Waals surface area (Å²) < 4.78 is 2.19. The molecule has 3 aromatic rings. The highest BCUT2D eigenvalue weighted by atomic mass is 35.5. The van der Waals surface area contributed by atoms with Crippen LogP contribution >= 0.6 is 11.6 Å². The first-order chi connectivity index (χ1) is 12.6. The fourth-order valence-corrected chi connectivity index (χ4v) is 3.62. The zero-order chi connectivity index (χ0) is 18.1. The maximum atomic E-state index is 6.35. The number of fused-ring (bicyclic) bond motifs is 3. The molecule has 1 atom stereocenters. The van der Waals surface area contributed by atoms with Crippen LogP contribution in [0, 0.1) is 0 Å². The van der Waals surface area contributed by atoms with Gasteiger partial charge in [-0.25, -0.2) is 0 Å². The standard InChI is InChI=1S/C20H22ClN5/c1-25(2)11-10-18-23-24-19-13-22-20(14-6-4-3-5-7-14)16-12-15(21)8-9-17(16)26(18)19/h3-9,12,20,22H,10-11,13H2,1-2H3. The summed E-state index contributed by atoms with van der Waals surface area (Å²) in [4.78, 5) is 2.16. The highest BCUT2D eigenvalue weighted by Crippen LogP contribution is 2.33. The third kappa shape index (κ3) is 3.26. The monoisotopic (exact) mass is 367 g/mol. The molecule has 6 heteroatoms. The average molecular weight is 368 g/mol. The lowest BCUT2D eigenvalue weighted by Crippen LogP contribution is -2.21. The Morgan fingerprint density at radius 1 is 1.15 bits per heavy atom. The summed E-state index contributed by atoms with van der Waals surface area (Å²) in [5, 5.41) is 13.2. The van der Waals surface area contributed by atoms with Crippen molar-refractivity contribution in [3.63, 3.8) is 0 Å². The van der Waals surface area contributed by atoms with Gasteiger partial charge < -0.3 is 4.90 Å². The molecule has 4 rings (SSSR count). The molecule has 2 heterocycles. The number of likely N-dealkylation sites (N-methyl/N-ethyl adjacent to an activating group) is 1. The molecular formula is C20H22ClN5. The van der Waals surface area contributed by atoms with Crippen molar-refractivity contribution in [1.29, 1.82) is 0 Å². The third-order valence-corrected chi connectivity index (χ3v) is 4.95. The van der Waals surface area contributed by atoms with E-state index >= 15 is 0 Å². The quantitative estimate of drug-likeness (QED) is 0.769. The Morgan fingerprint density at radius 2 is 1.96 bits per heavy atom. The van der Waals surface area contributed by atoms with Crippen LogP contribution in [0.15, 0.2) is 48.5 Å². The summed E-state index contributed by atoms with van der Waals surface area (Å²) in [6.07, 6.45) is 0.845. The van der Waals surface area contributed by atoms with Gasteiger partial charge in [0, 0.05) is 18.0 Å². The maximum absolute atomic E-state index is 6.35. The fourth-order valence-electron chi connectivity index (χ4n) is 3.44. The molecule has 0 amide bonds. The first kappa shape index (κ1) is 17.2. The lowest BCUT2D eigenvalue weighted by Gasteiger charge is -2.20. The van der Waals surface area contributed by atoms with E-state index in [2.05, 4.69) is 69.4 Å². The number of rotatable bonds is 4. The van der Waals surface area contributed by atoms with E-state index in [1.165, 1.54) is 5.56 Å². The first-order valence-corrected chi connectivity index (χ1v) is 9.17. The van der Waals surface area contributed by atoms with Gasteiger partial charge in [0.15, 0.2) is 5.82 Å². The lowest BCUT2D eigenvalue weighted by atomic mass is 9.97. The molecule has 1 aliphatic heterocycles. The van der Waals surface area contributed by atoms with E-state index in [-0.39, 0.29) is 6.04 Å². The Balaban J connectivity index is 1.83. The Morgan fingerprint density at radius 3 is 2.73 bits per heavy atom. The van der Waals surface area contributed by atoms with Gasteiger partial charge in [0.1, 0.15) is 5.82 Å². The lowest BCUT2D eigenvalue weighted by molar-refractivity contribution is 0.408. The van der Waals surface area contributed by atoms with Crippen LogP contribution in [0.2, 0.25) is 5.02 Å². The molecule has 134 valence electrons. The first-order valence-electron chi connectivity index (χ1n) is 8.79. The van der Waals surface area contributed by atoms with Crippen LogP contribution in [-0.2, 0) is 13.0 Å².